The third-order valence-corrected chi connectivity index (χ3v) is 4.80. The van der Waals surface area contributed by atoms with E-state index in [0.717, 1.165) is 57.4 Å². The number of nitrogens with one attached hydrogen (secondary N) is 1. The molecule has 1 fully saturated rings. The molecule has 0 aromatic heterocycles. The summed E-state index contributed by atoms with van der Waals surface area (Å²) in [6.07, 6.45) is 3.28. The van der Waals surface area contributed by atoms with E-state index < -0.39 is 0 Å². The molecule has 0 saturated carbocycles. The van der Waals surface area contributed by atoms with E-state index >= 15 is 0 Å². The third-order valence-electron chi connectivity index (χ3n) is 4.10. The monoisotopic (exact) mass is 478 g/mol. The van der Waals surface area contributed by atoms with E-state index in [-0.39, 0.29) is 24.0 Å². The van der Waals surface area contributed by atoms with Crippen LogP contribution in [0.2, 0.25) is 0 Å². The Morgan fingerprint density at radius 2 is 2.04 bits per heavy atom. The number of rotatable bonds is 7. The maximum atomic E-state index is 5.33. The summed E-state index contributed by atoms with van der Waals surface area (Å²) < 4.78 is 5.33. The minimum absolute atomic E-state index is 0. The largest absolute Gasteiger partial charge is 0.497 e. The number of nitrogens with zero attached hydrogens (tertiary/aromatic N) is 3. The van der Waals surface area contributed by atoms with E-state index in [9.17, 15) is 0 Å². The first kappa shape index (κ1) is 22.2. The Morgan fingerprint density at radius 1 is 1.28 bits per heavy atom. The van der Waals surface area contributed by atoms with Gasteiger partial charge in [-0.1, -0.05) is 6.07 Å². The van der Waals surface area contributed by atoms with Crippen molar-refractivity contribution in [1.82, 2.24) is 10.2 Å². The van der Waals surface area contributed by atoms with Crippen LogP contribution in [0, 0.1) is 0 Å². The van der Waals surface area contributed by atoms with Gasteiger partial charge in [0, 0.05) is 51.0 Å². The van der Waals surface area contributed by atoms with Crippen molar-refractivity contribution in [3.05, 3.63) is 24.3 Å². The van der Waals surface area contributed by atoms with Crippen molar-refractivity contribution in [2.24, 2.45) is 4.99 Å². The number of hydrogen-bond acceptors (Lipinski definition) is 4. The van der Waals surface area contributed by atoms with Crippen LogP contribution in [0.15, 0.2) is 29.3 Å². The first-order chi connectivity index (χ1) is 11.8. The number of halogens is 1. The molecule has 5 nitrogen and oxygen atoms in total. The quantitative estimate of drug-likeness (QED) is 0.282. The second-order valence-corrected chi connectivity index (χ2v) is 6.74. The lowest BCUT2D eigenvalue weighted by Crippen LogP contribution is -2.52. The van der Waals surface area contributed by atoms with E-state index in [1.807, 2.05) is 17.8 Å². The van der Waals surface area contributed by atoms with Gasteiger partial charge >= 0.3 is 0 Å². The summed E-state index contributed by atoms with van der Waals surface area (Å²) in [5.74, 6) is 3.15. The zero-order valence-corrected chi connectivity index (χ0v) is 18.7. The number of thioether (sulfide) groups is 1. The number of piperazine rings is 1. The number of ether oxygens (including phenoxy) is 1. The van der Waals surface area contributed by atoms with Crippen LogP contribution >= 0.6 is 35.7 Å². The number of methoxy groups -OCH3 is 1. The van der Waals surface area contributed by atoms with Gasteiger partial charge in [-0.3, -0.25) is 4.99 Å². The smallest absolute Gasteiger partial charge is 0.194 e. The lowest BCUT2D eigenvalue weighted by molar-refractivity contribution is 0.372. The summed E-state index contributed by atoms with van der Waals surface area (Å²) >= 11 is 1.88. The highest BCUT2D eigenvalue weighted by Crippen LogP contribution is 2.22. The lowest BCUT2D eigenvalue weighted by atomic mass is 10.2. The third kappa shape index (κ3) is 7.13. The van der Waals surface area contributed by atoms with Crippen molar-refractivity contribution in [3.8, 4) is 5.75 Å². The lowest BCUT2D eigenvalue weighted by Gasteiger charge is -2.37. The fraction of sp³-hybridized carbons (Fsp3) is 0.611. The van der Waals surface area contributed by atoms with Gasteiger partial charge in [-0.05, 0) is 37.5 Å². The molecule has 1 aromatic carbocycles. The highest BCUT2D eigenvalue weighted by Gasteiger charge is 2.19. The van der Waals surface area contributed by atoms with Gasteiger partial charge < -0.3 is 19.9 Å². The molecule has 1 saturated heterocycles. The van der Waals surface area contributed by atoms with Crippen molar-refractivity contribution < 1.29 is 4.74 Å². The summed E-state index contributed by atoms with van der Waals surface area (Å²) in [6, 6.07) is 8.30. The fourth-order valence-electron chi connectivity index (χ4n) is 2.80. The van der Waals surface area contributed by atoms with E-state index in [4.69, 9.17) is 9.73 Å². The van der Waals surface area contributed by atoms with Crippen LogP contribution in [0.5, 0.6) is 5.75 Å². The highest BCUT2D eigenvalue weighted by molar-refractivity contribution is 14.0. The van der Waals surface area contributed by atoms with Crippen LogP contribution in [0.1, 0.15) is 13.3 Å². The fourth-order valence-corrected chi connectivity index (χ4v) is 3.22. The van der Waals surface area contributed by atoms with Crippen molar-refractivity contribution in [2.45, 2.75) is 13.3 Å². The number of anilines is 1. The Morgan fingerprint density at radius 3 is 2.68 bits per heavy atom. The normalized spacial score (nSPS) is 14.9. The second-order valence-electron chi connectivity index (χ2n) is 5.76. The molecule has 1 aliphatic rings. The molecule has 0 unspecified atom stereocenters. The van der Waals surface area contributed by atoms with Gasteiger partial charge in [0.25, 0.3) is 0 Å². The van der Waals surface area contributed by atoms with Crippen molar-refractivity contribution >= 4 is 47.4 Å². The SMILES string of the molecule is CCNC(=NCCCSC)N1CCN(c2cccc(OC)c2)CC1.I. The van der Waals surface area contributed by atoms with E-state index in [2.05, 4.69) is 46.5 Å². The minimum atomic E-state index is 0. The molecule has 142 valence electrons. The van der Waals surface area contributed by atoms with E-state index in [0.29, 0.717) is 0 Å². The van der Waals surface area contributed by atoms with Gasteiger partial charge in [-0.25, -0.2) is 0 Å². The van der Waals surface area contributed by atoms with Crippen LogP contribution in [0.3, 0.4) is 0 Å². The maximum Gasteiger partial charge on any atom is 0.194 e. The van der Waals surface area contributed by atoms with Crippen LogP contribution in [-0.4, -0.2) is 69.2 Å². The van der Waals surface area contributed by atoms with Gasteiger partial charge in [0.1, 0.15) is 5.75 Å². The van der Waals surface area contributed by atoms with Crippen molar-refractivity contribution in [2.75, 3.05) is 63.3 Å². The Kier molecular flexibility index (Phi) is 11.1. The molecule has 0 spiro atoms. The highest BCUT2D eigenvalue weighted by atomic mass is 127. The number of guanidine groups is 1. The van der Waals surface area contributed by atoms with E-state index in [1.165, 1.54) is 11.4 Å². The van der Waals surface area contributed by atoms with Gasteiger partial charge in [0.15, 0.2) is 5.96 Å². The van der Waals surface area contributed by atoms with Crippen molar-refractivity contribution in [3.63, 3.8) is 0 Å². The first-order valence-electron chi connectivity index (χ1n) is 8.69. The topological polar surface area (TPSA) is 40.1 Å². The van der Waals surface area contributed by atoms with E-state index in [1.54, 1.807) is 7.11 Å². The Labute approximate surface area is 173 Å². The molecular formula is C18H31IN4OS. The maximum absolute atomic E-state index is 5.33. The Hall–Kier alpha value is -0.830. The van der Waals surface area contributed by atoms with Gasteiger partial charge in [-0.2, -0.15) is 11.8 Å². The van der Waals surface area contributed by atoms with Gasteiger partial charge in [0.2, 0.25) is 0 Å². The molecular weight excluding hydrogens is 447 g/mol. The minimum Gasteiger partial charge on any atom is -0.497 e. The summed E-state index contributed by atoms with van der Waals surface area (Å²) in [7, 11) is 1.72. The average molecular weight is 478 g/mol. The molecule has 1 N–H and O–H groups in total. The molecule has 1 heterocycles. The Bertz CT molecular complexity index is 522. The number of hydrogen-bond donors (Lipinski definition) is 1. The molecule has 1 aromatic rings. The molecule has 0 atom stereocenters. The predicted octanol–water partition coefficient (Wildman–Crippen LogP) is 3.15. The van der Waals surface area contributed by atoms with Crippen molar-refractivity contribution in [1.29, 1.82) is 0 Å². The Balaban J connectivity index is 0.00000312. The van der Waals surface area contributed by atoms with Crippen LogP contribution < -0.4 is 15.0 Å². The van der Waals surface area contributed by atoms with Crippen LogP contribution in [0.4, 0.5) is 5.69 Å². The molecule has 0 amide bonds. The van der Waals surface area contributed by atoms with Gasteiger partial charge in [-0.15, -0.1) is 24.0 Å². The summed E-state index contributed by atoms with van der Waals surface area (Å²) in [5.41, 5.74) is 1.23. The standard InChI is InChI=1S/C18H30N4OS.HI/c1-4-19-18(20-9-6-14-24-3)22-12-10-21(11-13-22)16-7-5-8-17(15-16)23-2;/h5,7-8,15H,4,6,9-14H2,1-3H3,(H,19,20);1H. The number of aliphatic imine (C=N–C) groups is 1. The molecule has 0 aliphatic carbocycles. The average Bonchev–Trinajstić information content (AvgIpc) is 2.64. The number of benzene rings is 1. The predicted molar refractivity (Wildman–Crippen MR) is 121 cm³/mol. The molecule has 2 rings (SSSR count). The molecule has 0 radical (unpaired) electrons. The van der Waals surface area contributed by atoms with Crippen LogP contribution in [0.25, 0.3) is 0 Å². The first-order valence-corrected chi connectivity index (χ1v) is 10.1. The summed E-state index contributed by atoms with van der Waals surface area (Å²) in [5, 5.41) is 3.43. The summed E-state index contributed by atoms with van der Waals surface area (Å²) in [6.45, 7) is 7.93. The molecule has 0 bridgehead atoms. The molecule has 25 heavy (non-hydrogen) atoms. The second kappa shape index (κ2) is 12.5. The molecule has 7 heteroatoms. The summed E-state index contributed by atoms with van der Waals surface area (Å²) in [4.78, 5) is 9.57. The molecule has 1 aliphatic heterocycles. The van der Waals surface area contributed by atoms with Gasteiger partial charge in [0.05, 0.1) is 7.11 Å². The zero-order chi connectivity index (χ0) is 17.2. The zero-order valence-electron chi connectivity index (χ0n) is 15.5. The van der Waals surface area contributed by atoms with Crippen LogP contribution in [-0.2, 0) is 0 Å².